The van der Waals surface area contributed by atoms with Crippen molar-refractivity contribution >= 4 is 17.5 Å². The molecule has 0 fully saturated rings. The number of phenolic OH excluding ortho intramolecular Hbond substituents is 1. The van der Waals surface area contributed by atoms with Gasteiger partial charge in [0.2, 0.25) is 5.82 Å². The standard InChI is InChI=1S/C12H10F3N3O2S/c1-18-10(12(13,14)15)16-17-11(18)21-6-9(20)7-2-4-8(19)5-3-7/h2-5,19H,6H2,1H3. The highest BCUT2D eigenvalue weighted by molar-refractivity contribution is 7.99. The molecule has 0 unspecified atom stereocenters. The average Bonchev–Trinajstić information content (AvgIpc) is 2.78. The molecule has 2 rings (SSSR count). The molecule has 1 N–H and O–H groups in total. The van der Waals surface area contributed by atoms with Crippen molar-refractivity contribution < 1.29 is 23.1 Å². The Balaban J connectivity index is 2.05. The van der Waals surface area contributed by atoms with Crippen LogP contribution in [0.3, 0.4) is 0 Å². The number of benzene rings is 1. The molecule has 2 aromatic rings. The van der Waals surface area contributed by atoms with E-state index in [1.54, 1.807) is 0 Å². The molecule has 0 aliphatic carbocycles. The summed E-state index contributed by atoms with van der Waals surface area (Å²) in [5.41, 5.74) is 0.360. The number of thioether (sulfide) groups is 1. The first-order valence-corrected chi connectivity index (χ1v) is 6.69. The molecule has 0 atom stereocenters. The topological polar surface area (TPSA) is 68.0 Å². The number of rotatable bonds is 4. The van der Waals surface area contributed by atoms with Crippen molar-refractivity contribution in [2.24, 2.45) is 7.05 Å². The van der Waals surface area contributed by atoms with Gasteiger partial charge in [-0.25, -0.2) is 0 Å². The molecule has 0 aliphatic rings. The summed E-state index contributed by atoms with van der Waals surface area (Å²) in [5.74, 6) is -1.44. The highest BCUT2D eigenvalue weighted by atomic mass is 32.2. The smallest absolute Gasteiger partial charge is 0.451 e. The van der Waals surface area contributed by atoms with E-state index in [-0.39, 0.29) is 22.4 Å². The van der Waals surface area contributed by atoms with E-state index in [1.165, 1.54) is 31.3 Å². The third kappa shape index (κ3) is 3.54. The van der Waals surface area contributed by atoms with Gasteiger partial charge in [-0.3, -0.25) is 4.79 Å². The van der Waals surface area contributed by atoms with Crippen molar-refractivity contribution in [3.05, 3.63) is 35.7 Å². The van der Waals surface area contributed by atoms with Gasteiger partial charge < -0.3 is 9.67 Å². The Morgan fingerprint density at radius 1 is 1.29 bits per heavy atom. The molecule has 0 aliphatic heterocycles. The average molecular weight is 317 g/mol. The first-order valence-electron chi connectivity index (χ1n) is 5.70. The van der Waals surface area contributed by atoms with Gasteiger partial charge in [0.15, 0.2) is 10.9 Å². The molecule has 5 nitrogen and oxygen atoms in total. The highest BCUT2D eigenvalue weighted by Gasteiger charge is 2.37. The van der Waals surface area contributed by atoms with E-state index in [1.807, 2.05) is 0 Å². The molecule has 0 spiro atoms. The second kappa shape index (κ2) is 5.76. The number of halogens is 3. The third-order valence-electron chi connectivity index (χ3n) is 2.61. The van der Waals surface area contributed by atoms with E-state index in [0.29, 0.717) is 5.56 Å². The predicted octanol–water partition coefficient (Wildman–Crippen LogP) is 2.51. The Bertz CT molecular complexity index is 653. The number of carbonyl (C=O) groups is 1. The maximum atomic E-state index is 12.5. The molecule has 0 amide bonds. The second-order valence-corrected chi connectivity index (χ2v) is 5.06. The predicted molar refractivity (Wildman–Crippen MR) is 69.2 cm³/mol. The first kappa shape index (κ1) is 15.4. The minimum Gasteiger partial charge on any atom is -0.508 e. The Morgan fingerprint density at radius 3 is 2.43 bits per heavy atom. The maximum Gasteiger partial charge on any atom is 0.451 e. The summed E-state index contributed by atoms with van der Waals surface area (Å²) in [6, 6.07) is 5.61. The van der Waals surface area contributed by atoms with Crippen LogP contribution in [0.25, 0.3) is 0 Å². The van der Waals surface area contributed by atoms with E-state index in [2.05, 4.69) is 10.2 Å². The summed E-state index contributed by atoms with van der Waals surface area (Å²) in [5, 5.41) is 15.6. The number of nitrogens with zero attached hydrogens (tertiary/aromatic N) is 3. The zero-order chi connectivity index (χ0) is 15.6. The third-order valence-corrected chi connectivity index (χ3v) is 3.63. The largest absolute Gasteiger partial charge is 0.508 e. The number of hydrogen-bond acceptors (Lipinski definition) is 5. The fourth-order valence-corrected chi connectivity index (χ4v) is 2.35. The SMILES string of the molecule is Cn1c(SCC(=O)c2ccc(O)cc2)nnc1C(F)(F)F. The van der Waals surface area contributed by atoms with Crippen LogP contribution in [0, 0.1) is 0 Å². The number of aromatic hydroxyl groups is 1. The lowest BCUT2D eigenvalue weighted by atomic mass is 10.1. The fraction of sp³-hybridized carbons (Fsp3) is 0.250. The summed E-state index contributed by atoms with van der Waals surface area (Å²) >= 11 is 0.868. The van der Waals surface area contributed by atoms with E-state index in [9.17, 15) is 18.0 Å². The van der Waals surface area contributed by atoms with Crippen molar-refractivity contribution in [3.8, 4) is 5.75 Å². The van der Waals surface area contributed by atoms with Crippen molar-refractivity contribution in [3.63, 3.8) is 0 Å². The van der Waals surface area contributed by atoms with Crippen LogP contribution in [0.15, 0.2) is 29.4 Å². The monoisotopic (exact) mass is 317 g/mol. The molecular weight excluding hydrogens is 307 g/mol. The van der Waals surface area contributed by atoms with E-state index >= 15 is 0 Å². The molecule has 1 aromatic carbocycles. The molecule has 112 valence electrons. The van der Waals surface area contributed by atoms with E-state index in [4.69, 9.17) is 5.11 Å². The molecule has 9 heteroatoms. The summed E-state index contributed by atoms with van der Waals surface area (Å²) < 4.78 is 38.4. The van der Waals surface area contributed by atoms with Gasteiger partial charge in [-0.15, -0.1) is 10.2 Å². The Labute approximate surface area is 121 Å². The van der Waals surface area contributed by atoms with Crippen LogP contribution in [-0.4, -0.2) is 31.4 Å². The quantitative estimate of drug-likeness (QED) is 0.693. The van der Waals surface area contributed by atoms with Crippen molar-refractivity contribution in [1.29, 1.82) is 0 Å². The van der Waals surface area contributed by atoms with Gasteiger partial charge in [-0.05, 0) is 24.3 Å². The van der Waals surface area contributed by atoms with Crippen LogP contribution < -0.4 is 0 Å². The van der Waals surface area contributed by atoms with Crippen LogP contribution in [0.2, 0.25) is 0 Å². The first-order chi connectivity index (χ1) is 9.79. The van der Waals surface area contributed by atoms with Crippen LogP contribution in [0.4, 0.5) is 13.2 Å². The zero-order valence-electron chi connectivity index (χ0n) is 10.8. The Morgan fingerprint density at radius 2 is 1.90 bits per heavy atom. The molecule has 0 radical (unpaired) electrons. The number of Topliss-reactive ketones (excluding diaryl/α,β-unsaturated/α-hetero) is 1. The number of ketones is 1. The number of alkyl halides is 3. The summed E-state index contributed by atoms with van der Waals surface area (Å²) in [7, 11) is 1.19. The lowest BCUT2D eigenvalue weighted by Gasteiger charge is -2.06. The van der Waals surface area contributed by atoms with Crippen LogP contribution >= 0.6 is 11.8 Å². The van der Waals surface area contributed by atoms with Gasteiger partial charge >= 0.3 is 6.18 Å². The number of aromatic nitrogens is 3. The van der Waals surface area contributed by atoms with Crippen LogP contribution in [0.5, 0.6) is 5.75 Å². The normalized spacial score (nSPS) is 11.6. The highest BCUT2D eigenvalue weighted by Crippen LogP contribution is 2.29. The summed E-state index contributed by atoms with van der Waals surface area (Å²) in [4.78, 5) is 11.9. The number of carbonyl (C=O) groups excluding carboxylic acids is 1. The lowest BCUT2D eigenvalue weighted by Crippen LogP contribution is -2.13. The molecule has 1 aromatic heterocycles. The Kier molecular flexibility index (Phi) is 4.21. The van der Waals surface area contributed by atoms with Crippen molar-refractivity contribution in [2.75, 3.05) is 5.75 Å². The van der Waals surface area contributed by atoms with Gasteiger partial charge in [0.1, 0.15) is 5.75 Å². The molecule has 1 heterocycles. The molecular formula is C12H10F3N3O2S. The lowest BCUT2D eigenvalue weighted by molar-refractivity contribution is -0.147. The minimum atomic E-state index is -4.58. The molecule has 0 saturated carbocycles. The fourth-order valence-electron chi connectivity index (χ4n) is 1.55. The van der Waals surface area contributed by atoms with Crippen molar-refractivity contribution in [2.45, 2.75) is 11.3 Å². The maximum absolute atomic E-state index is 12.5. The van der Waals surface area contributed by atoms with Gasteiger partial charge in [0, 0.05) is 12.6 Å². The summed E-state index contributed by atoms with van der Waals surface area (Å²) in [6.45, 7) is 0. The zero-order valence-corrected chi connectivity index (χ0v) is 11.6. The van der Waals surface area contributed by atoms with Crippen molar-refractivity contribution in [1.82, 2.24) is 14.8 Å². The summed E-state index contributed by atoms with van der Waals surface area (Å²) in [6.07, 6.45) is -4.58. The van der Waals surface area contributed by atoms with Gasteiger partial charge in [0.25, 0.3) is 0 Å². The van der Waals surface area contributed by atoms with Gasteiger partial charge in [-0.1, -0.05) is 11.8 Å². The molecule has 21 heavy (non-hydrogen) atoms. The number of phenols is 1. The van der Waals surface area contributed by atoms with E-state index < -0.39 is 12.0 Å². The minimum absolute atomic E-state index is 0.00875. The van der Waals surface area contributed by atoms with Gasteiger partial charge in [0.05, 0.1) is 5.75 Å². The van der Waals surface area contributed by atoms with E-state index in [0.717, 1.165) is 16.3 Å². The number of hydrogen-bond donors (Lipinski definition) is 1. The molecule has 0 saturated heterocycles. The van der Waals surface area contributed by atoms with Crippen LogP contribution in [-0.2, 0) is 13.2 Å². The van der Waals surface area contributed by atoms with Crippen LogP contribution in [0.1, 0.15) is 16.2 Å². The molecule has 0 bridgehead atoms. The second-order valence-electron chi connectivity index (χ2n) is 4.12. The Hall–Kier alpha value is -2.03. The van der Waals surface area contributed by atoms with Gasteiger partial charge in [-0.2, -0.15) is 13.2 Å².